The SMILES string of the molecule is CCOC(=O)c1cnc(-c2ccncc2)nc1NCc1cccc(F)c1F. The van der Waals surface area contributed by atoms with Crippen LogP contribution in [0.1, 0.15) is 22.8 Å². The van der Waals surface area contributed by atoms with E-state index in [-0.39, 0.29) is 30.1 Å². The highest BCUT2D eigenvalue weighted by Crippen LogP contribution is 2.21. The van der Waals surface area contributed by atoms with Crippen LogP contribution in [0.25, 0.3) is 11.4 Å². The van der Waals surface area contributed by atoms with Gasteiger partial charge in [0, 0.05) is 36.3 Å². The van der Waals surface area contributed by atoms with Gasteiger partial charge in [-0.2, -0.15) is 0 Å². The van der Waals surface area contributed by atoms with E-state index in [1.807, 2.05) is 0 Å². The van der Waals surface area contributed by atoms with Crippen LogP contribution in [-0.2, 0) is 11.3 Å². The van der Waals surface area contributed by atoms with E-state index in [2.05, 4.69) is 20.3 Å². The molecule has 0 aliphatic heterocycles. The second-order valence-electron chi connectivity index (χ2n) is 5.48. The lowest BCUT2D eigenvalue weighted by molar-refractivity contribution is 0.0526. The highest BCUT2D eigenvalue weighted by molar-refractivity contribution is 5.94. The fourth-order valence-electron chi connectivity index (χ4n) is 2.38. The molecule has 0 bridgehead atoms. The van der Waals surface area contributed by atoms with Gasteiger partial charge in [-0.3, -0.25) is 4.98 Å². The van der Waals surface area contributed by atoms with E-state index in [0.29, 0.717) is 11.4 Å². The monoisotopic (exact) mass is 370 g/mol. The third kappa shape index (κ3) is 4.22. The fourth-order valence-corrected chi connectivity index (χ4v) is 2.38. The zero-order chi connectivity index (χ0) is 19.2. The topological polar surface area (TPSA) is 77.0 Å². The van der Waals surface area contributed by atoms with Crippen molar-refractivity contribution >= 4 is 11.8 Å². The van der Waals surface area contributed by atoms with Crippen molar-refractivity contribution in [1.29, 1.82) is 0 Å². The molecule has 0 saturated heterocycles. The summed E-state index contributed by atoms with van der Waals surface area (Å²) in [5.74, 6) is -1.99. The molecule has 0 spiro atoms. The quantitative estimate of drug-likeness (QED) is 0.668. The first-order valence-corrected chi connectivity index (χ1v) is 8.21. The molecule has 0 aliphatic carbocycles. The first kappa shape index (κ1) is 18.4. The minimum atomic E-state index is -0.953. The van der Waals surface area contributed by atoms with E-state index < -0.39 is 17.6 Å². The number of ether oxygens (including phenoxy) is 1. The Balaban J connectivity index is 1.94. The number of anilines is 1. The summed E-state index contributed by atoms with van der Waals surface area (Å²) >= 11 is 0. The van der Waals surface area contributed by atoms with Crippen LogP contribution in [0.4, 0.5) is 14.6 Å². The van der Waals surface area contributed by atoms with Crippen LogP contribution >= 0.6 is 0 Å². The third-order valence-corrected chi connectivity index (χ3v) is 3.70. The average Bonchev–Trinajstić information content (AvgIpc) is 2.70. The molecule has 27 heavy (non-hydrogen) atoms. The summed E-state index contributed by atoms with van der Waals surface area (Å²) in [4.78, 5) is 24.6. The number of rotatable bonds is 6. The van der Waals surface area contributed by atoms with Crippen molar-refractivity contribution in [2.24, 2.45) is 0 Å². The zero-order valence-electron chi connectivity index (χ0n) is 14.4. The van der Waals surface area contributed by atoms with Crippen molar-refractivity contribution in [3.05, 3.63) is 71.7 Å². The summed E-state index contributed by atoms with van der Waals surface area (Å²) in [5.41, 5.74) is 0.903. The van der Waals surface area contributed by atoms with Crippen LogP contribution in [0.2, 0.25) is 0 Å². The molecule has 2 aromatic heterocycles. The maximum absolute atomic E-state index is 13.9. The minimum absolute atomic E-state index is 0.0667. The number of benzene rings is 1. The van der Waals surface area contributed by atoms with E-state index in [1.165, 1.54) is 18.3 Å². The molecule has 0 aliphatic rings. The molecule has 0 unspecified atom stereocenters. The molecular weight excluding hydrogens is 354 g/mol. The standard InChI is InChI=1S/C19H16F2N4O2/c1-2-27-19(26)14-11-24-17(12-6-8-22-9-7-12)25-18(14)23-10-13-4-3-5-15(20)16(13)21/h3-9,11H,2,10H2,1H3,(H,23,24,25). The number of carbonyl (C=O) groups is 1. The van der Waals surface area contributed by atoms with Gasteiger partial charge in [-0.1, -0.05) is 12.1 Å². The van der Waals surface area contributed by atoms with Gasteiger partial charge >= 0.3 is 5.97 Å². The Morgan fingerprint density at radius 1 is 1.19 bits per heavy atom. The summed E-state index contributed by atoms with van der Waals surface area (Å²) in [6, 6.07) is 7.32. The summed E-state index contributed by atoms with van der Waals surface area (Å²) in [6.45, 7) is 1.80. The number of hydrogen-bond acceptors (Lipinski definition) is 6. The maximum Gasteiger partial charge on any atom is 0.343 e. The highest BCUT2D eigenvalue weighted by Gasteiger charge is 2.17. The molecular formula is C19H16F2N4O2. The van der Waals surface area contributed by atoms with Gasteiger partial charge in [0.05, 0.1) is 6.61 Å². The van der Waals surface area contributed by atoms with E-state index in [9.17, 15) is 13.6 Å². The Hall–Kier alpha value is -3.42. The first-order valence-electron chi connectivity index (χ1n) is 8.21. The maximum atomic E-state index is 13.9. The summed E-state index contributed by atoms with van der Waals surface area (Å²) in [7, 11) is 0. The Kier molecular flexibility index (Phi) is 5.65. The van der Waals surface area contributed by atoms with Crippen LogP contribution in [0.5, 0.6) is 0 Å². The van der Waals surface area contributed by atoms with Gasteiger partial charge in [0.25, 0.3) is 0 Å². The van der Waals surface area contributed by atoms with Crippen molar-refractivity contribution in [1.82, 2.24) is 15.0 Å². The van der Waals surface area contributed by atoms with Crippen molar-refractivity contribution in [2.75, 3.05) is 11.9 Å². The van der Waals surface area contributed by atoms with Gasteiger partial charge in [-0.25, -0.2) is 23.5 Å². The molecule has 1 N–H and O–H groups in total. The molecule has 8 heteroatoms. The lowest BCUT2D eigenvalue weighted by atomic mass is 10.2. The van der Waals surface area contributed by atoms with E-state index in [0.717, 1.165) is 6.07 Å². The Bertz CT molecular complexity index is 952. The largest absolute Gasteiger partial charge is 0.462 e. The van der Waals surface area contributed by atoms with Gasteiger partial charge in [0.2, 0.25) is 0 Å². The molecule has 138 valence electrons. The number of aromatic nitrogens is 3. The predicted octanol–water partition coefficient (Wildman–Crippen LogP) is 3.61. The van der Waals surface area contributed by atoms with Crippen LogP contribution in [0.3, 0.4) is 0 Å². The fraction of sp³-hybridized carbons (Fsp3) is 0.158. The van der Waals surface area contributed by atoms with Gasteiger partial charge in [-0.15, -0.1) is 0 Å². The van der Waals surface area contributed by atoms with Crippen molar-refractivity contribution < 1.29 is 18.3 Å². The molecule has 1 aromatic carbocycles. The van der Waals surface area contributed by atoms with Crippen LogP contribution in [-0.4, -0.2) is 27.5 Å². The predicted molar refractivity (Wildman–Crippen MR) is 94.9 cm³/mol. The number of halogens is 2. The van der Waals surface area contributed by atoms with Crippen molar-refractivity contribution in [3.8, 4) is 11.4 Å². The zero-order valence-corrected chi connectivity index (χ0v) is 14.4. The number of carbonyl (C=O) groups excluding carboxylic acids is 1. The molecule has 6 nitrogen and oxygen atoms in total. The van der Waals surface area contributed by atoms with Gasteiger partial charge < -0.3 is 10.1 Å². The van der Waals surface area contributed by atoms with Gasteiger partial charge in [0.15, 0.2) is 17.5 Å². The second-order valence-corrected chi connectivity index (χ2v) is 5.48. The summed E-state index contributed by atoms with van der Waals surface area (Å²) in [5, 5.41) is 2.87. The van der Waals surface area contributed by atoms with E-state index >= 15 is 0 Å². The first-order chi connectivity index (χ1) is 13.1. The number of pyridine rings is 1. The molecule has 2 heterocycles. The Labute approximate surface area is 154 Å². The molecule has 0 atom stereocenters. The second kappa shape index (κ2) is 8.31. The van der Waals surface area contributed by atoms with E-state index in [4.69, 9.17) is 4.74 Å². The van der Waals surface area contributed by atoms with Gasteiger partial charge in [-0.05, 0) is 25.1 Å². The number of nitrogens with one attached hydrogen (secondary N) is 1. The molecule has 0 radical (unpaired) electrons. The summed E-state index contributed by atoms with van der Waals surface area (Å²) < 4.78 is 32.3. The minimum Gasteiger partial charge on any atom is -0.462 e. The van der Waals surface area contributed by atoms with Crippen LogP contribution in [0.15, 0.2) is 48.9 Å². The van der Waals surface area contributed by atoms with Crippen molar-refractivity contribution in [2.45, 2.75) is 13.5 Å². The number of nitrogens with zero attached hydrogens (tertiary/aromatic N) is 3. The normalized spacial score (nSPS) is 10.5. The van der Waals surface area contributed by atoms with Gasteiger partial charge in [0.1, 0.15) is 11.4 Å². The smallest absolute Gasteiger partial charge is 0.343 e. The molecule has 3 rings (SSSR count). The molecule has 0 saturated carbocycles. The molecule has 0 fully saturated rings. The van der Waals surface area contributed by atoms with Crippen LogP contribution < -0.4 is 5.32 Å². The Morgan fingerprint density at radius 2 is 1.96 bits per heavy atom. The number of esters is 1. The third-order valence-electron chi connectivity index (χ3n) is 3.70. The lowest BCUT2D eigenvalue weighted by Gasteiger charge is -2.12. The number of hydrogen-bond donors (Lipinski definition) is 1. The lowest BCUT2D eigenvalue weighted by Crippen LogP contribution is -2.13. The molecule has 3 aromatic rings. The molecule has 0 amide bonds. The van der Waals surface area contributed by atoms with Crippen LogP contribution in [0, 0.1) is 11.6 Å². The summed E-state index contributed by atoms with van der Waals surface area (Å²) in [6.07, 6.45) is 4.52. The Morgan fingerprint density at radius 3 is 2.70 bits per heavy atom. The van der Waals surface area contributed by atoms with Crippen molar-refractivity contribution in [3.63, 3.8) is 0 Å². The highest BCUT2D eigenvalue weighted by atomic mass is 19.2. The van der Waals surface area contributed by atoms with E-state index in [1.54, 1.807) is 31.5 Å². The average molecular weight is 370 g/mol.